The molecule has 5 nitrogen and oxygen atoms in total. The Balaban J connectivity index is 2.45. The van der Waals surface area contributed by atoms with Crippen molar-refractivity contribution >= 4 is 6.09 Å². The molecule has 5 heteroatoms. The fourth-order valence-corrected chi connectivity index (χ4v) is 3.04. The Morgan fingerprint density at radius 3 is 2.67 bits per heavy atom. The molecule has 1 fully saturated rings. The third-order valence-electron chi connectivity index (χ3n) is 4.64. The van der Waals surface area contributed by atoms with Crippen LogP contribution in [0.3, 0.4) is 0 Å². The highest BCUT2D eigenvalue weighted by atomic mass is 16.5. The van der Waals surface area contributed by atoms with Gasteiger partial charge in [0.1, 0.15) is 5.75 Å². The number of hydrogen-bond donors (Lipinski definition) is 2. The standard InChI is InChI=1S/C16H24N2O3/c1-15(2,3)16(17)10-18(14(19)20)9-13(16)11-6-5-7-12(8-11)21-4/h5-8,13H,9-10,17H2,1-4H3,(H,19,20)/t13-,16+/m1/s1. The number of methoxy groups -OCH3 is 1. The van der Waals surface area contributed by atoms with Crippen LogP contribution in [0, 0.1) is 5.41 Å². The predicted octanol–water partition coefficient (Wildman–Crippen LogP) is 2.52. The summed E-state index contributed by atoms with van der Waals surface area (Å²) in [6.07, 6.45) is -0.917. The number of ether oxygens (including phenoxy) is 1. The van der Waals surface area contributed by atoms with E-state index < -0.39 is 11.6 Å². The zero-order valence-electron chi connectivity index (χ0n) is 13.1. The second-order valence-electron chi connectivity index (χ2n) is 6.78. The van der Waals surface area contributed by atoms with Gasteiger partial charge in [-0.3, -0.25) is 0 Å². The van der Waals surface area contributed by atoms with Gasteiger partial charge in [0.15, 0.2) is 0 Å². The maximum Gasteiger partial charge on any atom is 0.407 e. The highest BCUT2D eigenvalue weighted by Crippen LogP contribution is 2.45. The van der Waals surface area contributed by atoms with Gasteiger partial charge in [-0.05, 0) is 23.1 Å². The molecule has 0 radical (unpaired) electrons. The fraction of sp³-hybridized carbons (Fsp3) is 0.562. The molecule has 1 aromatic carbocycles. The molecule has 1 aromatic rings. The van der Waals surface area contributed by atoms with Crippen LogP contribution >= 0.6 is 0 Å². The molecule has 1 saturated heterocycles. The van der Waals surface area contributed by atoms with Crippen LogP contribution in [-0.4, -0.2) is 41.8 Å². The number of nitrogens with two attached hydrogens (primary N) is 1. The van der Waals surface area contributed by atoms with Gasteiger partial charge in [0.25, 0.3) is 0 Å². The average Bonchev–Trinajstić information content (AvgIpc) is 2.78. The van der Waals surface area contributed by atoms with Crippen LogP contribution < -0.4 is 10.5 Å². The molecule has 116 valence electrons. The predicted molar refractivity (Wildman–Crippen MR) is 81.7 cm³/mol. The Kier molecular flexibility index (Phi) is 3.89. The number of likely N-dealkylation sites (tertiary alicyclic amines) is 1. The lowest BCUT2D eigenvalue weighted by Gasteiger charge is -2.42. The molecule has 0 unspecified atom stereocenters. The zero-order valence-corrected chi connectivity index (χ0v) is 13.1. The van der Waals surface area contributed by atoms with Crippen molar-refractivity contribution in [2.45, 2.75) is 32.2 Å². The van der Waals surface area contributed by atoms with E-state index in [4.69, 9.17) is 10.5 Å². The van der Waals surface area contributed by atoms with Crippen LogP contribution in [0.15, 0.2) is 24.3 Å². The van der Waals surface area contributed by atoms with Gasteiger partial charge in [-0.2, -0.15) is 0 Å². The van der Waals surface area contributed by atoms with Crippen LogP contribution in [0.25, 0.3) is 0 Å². The first kappa shape index (κ1) is 15.6. The molecule has 0 saturated carbocycles. The first-order valence-electron chi connectivity index (χ1n) is 7.10. The van der Waals surface area contributed by atoms with Crippen molar-refractivity contribution in [3.63, 3.8) is 0 Å². The summed E-state index contributed by atoms with van der Waals surface area (Å²) in [4.78, 5) is 12.8. The van der Waals surface area contributed by atoms with Crippen LogP contribution in [-0.2, 0) is 0 Å². The maximum absolute atomic E-state index is 11.4. The highest BCUT2D eigenvalue weighted by molar-refractivity contribution is 5.66. The molecule has 1 aliphatic heterocycles. The molecule has 0 aliphatic carbocycles. The third-order valence-corrected chi connectivity index (χ3v) is 4.64. The Morgan fingerprint density at radius 2 is 2.14 bits per heavy atom. The lowest BCUT2D eigenvalue weighted by atomic mass is 9.66. The number of carbonyl (C=O) groups is 1. The minimum absolute atomic E-state index is 0.0521. The summed E-state index contributed by atoms with van der Waals surface area (Å²) < 4.78 is 5.27. The average molecular weight is 292 g/mol. The zero-order chi connectivity index (χ0) is 15.8. The molecule has 3 N–H and O–H groups in total. The van der Waals surface area contributed by atoms with Crippen molar-refractivity contribution in [3.8, 4) is 5.75 Å². The summed E-state index contributed by atoms with van der Waals surface area (Å²) in [5.41, 5.74) is 6.88. The van der Waals surface area contributed by atoms with Gasteiger partial charge in [-0.15, -0.1) is 0 Å². The number of benzene rings is 1. The van der Waals surface area contributed by atoms with Gasteiger partial charge in [-0.1, -0.05) is 32.9 Å². The molecule has 1 aliphatic rings. The summed E-state index contributed by atoms with van der Waals surface area (Å²) in [6.45, 7) is 6.94. The maximum atomic E-state index is 11.4. The van der Waals surface area contributed by atoms with Crippen molar-refractivity contribution < 1.29 is 14.6 Å². The quantitative estimate of drug-likeness (QED) is 0.878. The molecule has 1 heterocycles. The Hall–Kier alpha value is -1.75. The molecule has 0 bridgehead atoms. The van der Waals surface area contributed by atoms with Crippen LogP contribution in [0.4, 0.5) is 4.79 Å². The second-order valence-corrected chi connectivity index (χ2v) is 6.78. The molecule has 2 rings (SSSR count). The monoisotopic (exact) mass is 292 g/mol. The van der Waals surface area contributed by atoms with Crippen LogP contribution in [0.5, 0.6) is 5.75 Å². The Bertz CT molecular complexity index is 539. The van der Waals surface area contributed by atoms with Gasteiger partial charge < -0.3 is 20.5 Å². The fourth-order valence-electron chi connectivity index (χ4n) is 3.04. The SMILES string of the molecule is COc1cccc([C@H]2CN(C(=O)O)C[C@@]2(N)C(C)(C)C)c1. The first-order valence-corrected chi connectivity index (χ1v) is 7.10. The summed E-state index contributed by atoms with van der Waals surface area (Å²) in [5.74, 6) is 0.709. The van der Waals surface area contributed by atoms with Gasteiger partial charge in [0.05, 0.1) is 7.11 Å². The molecule has 21 heavy (non-hydrogen) atoms. The van der Waals surface area contributed by atoms with E-state index in [-0.39, 0.29) is 11.3 Å². The number of nitrogens with zero attached hydrogens (tertiary/aromatic N) is 1. The van der Waals surface area contributed by atoms with Gasteiger partial charge in [0, 0.05) is 24.5 Å². The lowest BCUT2D eigenvalue weighted by molar-refractivity contribution is 0.140. The van der Waals surface area contributed by atoms with Crippen LogP contribution in [0.1, 0.15) is 32.3 Å². The van der Waals surface area contributed by atoms with E-state index >= 15 is 0 Å². The van der Waals surface area contributed by atoms with Gasteiger partial charge in [-0.25, -0.2) is 4.79 Å². The molecule has 0 spiro atoms. The summed E-state index contributed by atoms with van der Waals surface area (Å²) in [6, 6.07) is 7.73. The van der Waals surface area contributed by atoms with Crippen molar-refractivity contribution in [2.24, 2.45) is 11.1 Å². The van der Waals surface area contributed by atoms with E-state index in [0.29, 0.717) is 13.1 Å². The molecule has 2 atom stereocenters. The number of carboxylic acid groups (broad SMARTS) is 1. The molecule has 1 amide bonds. The van der Waals surface area contributed by atoms with E-state index in [1.165, 1.54) is 4.90 Å². The minimum atomic E-state index is -0.917. The van der Waals surface area contributed by atoms with E-state index in [1.54, 1.807) is 7.11 Å². The summed E-state index contributed by atoms with van der Waals surface area (Å²) in [5, 5.41) is 9.32. The Labute approximate surface area is 125 Å². The second kappa shape index (κ2) is 5.22. The number of amides is 1. The molecule has 0 aromatic heterocycles. The smallest absolute Gasteiger partial charge is 0.407 e. The van der Waals surface area contributed by atoms with Gasteiger partial charge in [0.2, 0.25) is 0 Å². The number of hydrogen-bond acceptors (Lipinski definition) is 3. The van der Waals surface area contributed by atoms with Gasteiger partial charge >= 0.3 is 6.09 Å². The van der Waals surface area contributed by atoms with Crippen molar-refractivity contribution in [3.05, 3.63) is 29.8 Å². The molecular weight excluding hydrogens is 268 g/mol. The van der Waals surface area contributed by atoms with E-state index in [2.05, 4.69) is 20.8 Å². The normalized spacial score (nSPS) is 26.0. The number of rotatable bonds is 2. The van der Waals surface area contributed by atoms with E-state index in [1.807, 2.05) is 24.3 Å². The Morgan fingerprint density at radius 1 is 1.48 bits per heavy atom. The highest BCUT2D eigenvalue weighted by Gasteiger charge is 2.52. The van der Waals surface area contributed by atoms with Crippen molar-refractivity contribution in [2.75, 3.05) is 20.2 Å². The largest absolute Gasteiger partial charge is 0.497 e. The first-order chi connectivity index (χ1) is 9.69. The van der Waals surface area contributed by atoms with E-state index in [0.717, 1.165) is 11.3 Å². The molecular formula is C16H24N2O3. The van der Waals surface area contributed by atoms with E-state index in [9.17, 15) is 9.90 Å². The summed E-state index contributed by atoms with van der Waals surface area (Å²) in [7, 11) is 1.62. The van der Waals surface area contributed by atoms with Crippen LogP contribution in [0.2, 0.25) is 0 Å². The van der Waals surface area contributed by atoms with Crippen molar-refractivity contribution in [1.82, 2.24) is 4.90 Å². The van der Waals surface area contributed by atoms with Crippen molar-refractivity contribution in [1.29, 1.82) is 0 Å². The lowest BCUT2D eigenvalue weighted by Crippen LogP contribution is -2.56. The third kappa shape index (κ3) is 2.70. The summed E-state index contributed by atoms with van der Waals surface area (Å²) >= 11 is 0. The topological polar surface area (TPSA) is 75.8 Å². The minimum Gasteiger partial charge on any atom is -0.497 e.